The molecule has 0 saturated carbocycles. The van der Waals surface area contributed by atoms with Crippen LogP contribution in [-0.2, 0) is 11.3 Å². The average Bonchev–Trinajstić information content (AvgIpc) is 3.09. The number of carbonyl (C=O) groups is 1. The molecule has 6 nitrogen and oxygen atoms in total. The fourth-order valence-corrected chi connectivity index (χ4v) is 2.05. The molecule has 0 amide bonds. The second kappa shape index (κ2) is 6.74. The molecule has 3 aromatic rings. The highest BCUT2D eigenvalue weighted by Crippen LogP contribution is 2.23. The number of hydrogen-bond acceptors (Lipinski definition) is 6. The van der Waals surface area contributed by atoms with Gasteiger partial charge in [-0.1, -0.05) is 35.5 Å². The number of nitrogens with zero attached hydrogens (tertiary/aromatic N) is 2. The van der Waals surface area contributed by atoms with Gasteiger partial charge in [0.25, 0.3) is 0 Å². The van der Waals surface area contributed by atoms with Crippen LogP contribution < -0.4 is 4.74 Å². The van der Waals surface area contributed by atoms with Crippen molar-refractivity contribution in [2.24, 2.45) is 0 Å². The summed E-state index contributed by atoms with van der Waals surface area (Å²) in [5.74, 6) is -0.0349. The molecule has 0 aliphatic carbocycles. The summed E-state index contributed by atoms with van der Waals surface area (Å²) in [4.78, 5) is 15.4. The monoisotopic (exact) mass is 310 g/mol. The Kier molecular flexibility index (Phi) is 4.33. The van der Waals surface area contributed by atoms with Gasteiger partial charge in [0.1, 0.15) is 18.6 Å². The average molecular weight is 310 g/mol. The lowest BCUT2D eigenvalue weighted by atomic mass is 10.1. The first-order valence-corrected chi connectivity index (χ1v) is 6.94. The summed E-state index contributed by atoms with van der Waals surface area (Å²) >= 11 is 0. The number of esters is 1. The van der Waals surface area contributed by atoms with Crippen LogP contribution in [0.3, 0.4) is 0 Å². The van der Waals surface area contributed by atoms with E-state index in [9.17, 15) is 4.79 Å². The molecule has 0 radical (unpaired) electrons. The van der Waals surface area contributed by atoms with E-state index in [-0.39, 0.29) is 6.61 Å². The van der Waals surface area contributed by atoms with Gasteiger partial charge in [0, 0.05) is 17.8 Å². The first kappa shape index (κ1) is 14.8. The van der Waals surface area contributed by atoms with Crippen LogP contribution in [0, 0.1) is 0 Å². The van der Waals surface area contributed by atoms with Gasteiger partial charge in [-0.2, -0.15) is 0 Å². The van der Waals surface area contributed by atoms with Crippen LogP contribution in [0.25, 0.3) is 11.3 Å². The predicted molar refractivity (Wildman–Crippen MR) is 81.8 cm³/mol. The Balaban J connectivity index is 1.70. The molecular weight excluding hydrogens is 296 g/mol. The summed E-state index contributed by atoms with van der Waals surface area (Å²) in [5, 5.41) is 4.01. The number of hydrogen-bond donors (Lipinski definition) is 0. The van der Waals surface area contributed by atoms with Crippen molar-refractivity contribution in [3.8, 4) is 17.1 Å². The van der Waals surface area contributed by atoms with Crippen LogP contribution >= 0.6 is 0 Å². The quantitative estimate of drug-likeness (QED) is 0.674. The maximum Gasteiger partial charge on any atom is 0.339 e. The lowest BCUT2D eigenvalue weighted by Gasteiger charge is -2.05. The van der Waals surface area contributed by atoms with Crippen molar-refractivity contribution in [2.75, 3.05) is 7.11 Å². The molecule has 116 valence electrons. The maximum atomic E-state index is 11.3. The third-order valence-corrected chi connectivity index (χ3v) is 3.22. The molecule has 0 saturated heterocycles. The van der Waals surface area contributed by atoms with Crippen molar-refractivity contribution in [1.82, 2.24) is 10.1 Å². The molecule has 0 N–H and O–H groups in total. The molecule has 2 aromatic heterocycles. The Bertz CT molecular complexity index is 782. The van der Waals surface area contributed by atoms with Gasteiger partial charge in [0.2, 0.25) is 5.88 Å². The lowest BCUT2D eigenvalue weighted by Crippen LogP contribution is -2.03. The molecule has 0 fully saturated rings. The van der Waals surface area contributed by atoms with Gasteiger partial charge in [-0.3, -0.25) is 0 Å². The van der Waals surface area contributed by atoms with E-state index in [1.807, 2.05) is 30.3 Å². The van der Waals surface area contributed by atoms with Crippen molar-refractivity contribution in [3.63, 3.8) is 0 Å². The van der Waals surface area contributed by atoms with Gasteiger partial charge in [0.15, 0.2) is 0 Å². The van der Waals surface area contributed by atoms with Gasteiger partial charge in [0.05, 0.1) is 18.2 Å². The molecule has 0 aliphatic heterocycles. The second-order valence-corrected chi connectivity index (χ2v) is 4.72. The number of pyridine rings is 1. The molecule has 2 heterocycles. The highest BCUT2D eigenvalue weighted by atomic mass is 16.5. The number of rotatable bonds is 5. The fraction of sp³-hybridized carbons (Fsp3) is 0.118. The van der Waals surface area contributed by atoms with Gasteiger partial charge < -0.3 is 14.0 Å². The fourth-order valence-electron chi connectivity index (χ4n) is 2.05. The van der Waals surface area contributed by atoms with Gasteiger partial charge in [-0.15, -0.1) is 0 Å². The zero-order valence-electron chi connectivity index (χ0n) is 12.4. The number of aromatic nitrogens is 2. The normalized spacial score (nSPS) is 10.3. The van der Waals surface area contributed by atoms with E-state index in [1.165, 1.54) is 13.3 Å². The van der Waals surface area contributed by atoms with Crippen molar-refractivity contribution < 1.29 is 18.8 Å². The van der Waals surface area contributed by atoms with E-state index in [0.29, 0.717) is 11.4 Å². The zero-order chi connectivity index (χ0) is 16.1. The Morgan fingerprint density at radius 1 is 1.17 bits per heavy atom. The summed E-state index contributed by atoms with van der Waals surface area (Å²) in [6.07, 6.45) is 2.96. The summed E-state index contributed by atoms with van der Waals surface area (Å²) in [7, 11) is 1.32. The highest BCUT2D eigenvalue weighted by Gasteiger charge is 2.11. The second-order valence-electron chi connectivity index (χ2n) is 4.72. The molecule has 0 bridgehead atoms. The first-order chi connectivity index (χ1) is 11.3. The van der Waals surface area contributed by atoms with Gasteiger partial charge >= 0.3 is 5.97 Å². The van der Waals surface area contributed by atoms with E-state index in [0.717, 1.165) is 16.8 Å². The third-order valence-electron chi connectivity index (χ3n) is 3.22. The summed E-state index contributed by atoms with van der Waals surface area (Å²) in [5.41, 5.74) is 2.87. The largest absolute Gasteiger partial charge is 0.473 e. The number of methoxy groups -OCH3 is 1. The van der Waals surface area contributed by atoms with Crippen LogP contribution in [0.2, 0.25) is 0 Å². The number of ether oxygens (including phenoxy) is 2. The van der Waals surface area contributed by atoms with Crippen LogP contribution in [0.15, 0.2) is 59.4 Å². The third kappa shape index (κ3) is 3.37. The van der Waals surface area contributed by atoms with Crippen LogP contribution in [0.5, 0.6) is 5.88 Å². The maximum absolute atomic E-state index is 11.3. The molecule has 1 aromatic carbocycles. The predicted octanol–water partition coefficient (Wildman–Crippen LogP) is 3.10. The number of carbonyl (C=O) groups excluding carboxylic acids is 1. The smallest absolute Gasteiger partial charge is 0.339 e. The summed E-state index contributed by atoms with van der Waals surface area (Å²) in [6, 6.07) is 12.9. The topological polar surface area (TPSA) is 74.5 Å². The molecule has 3 rings (SSSR count). The summed E-state index contributed by atoms with van der Waals surface area (Å²) < 4.78 is 15.3. The van der Waals surface area contributed by atoms with Crippen molar-refractivity contribution in [3.05, 3.63) is 66.1 Å². The van der Waals surface area contributed by atoms with E-state index >= 15 is 0 Å². The van der Waals surface area contributed by atoms with Crippen LogP contribution in [0.4, 0.5) is 0 Å². The number of benzene rings is 1. The van der Waals surface area contributed by atoms with E-state index in [2.05, 4.69) is 14.9 Å². The van der Waals surface area contributed by atoms with E-state index < -0.39 is 5.97 Å². The zero-order valence-corrected chi connectivity index (χ0v) is 12.4. The summed E-state index contributed by atoms with van der Waals surface area (Å²) in [6.45, 7) is 0.262. The highest BCUT2D eigenvalue weighted by molar-refractivity contribution is 5.88. The molecular formula is C17H14N2O4. The molecule has 0 unspecified atom stereocenters. The molecule has 0 atom stereocenters. The lowest BCUT2D eigenvalue weighted by molar-refractivity contribution is 0.0600. The van der Waals surface area contributed by atoms with Crippen LogP contribution in [-0.4, -0.2) is 23.2 Å². The Morgan fingerprint density at radius 2 is 2.00 bits per heavy atom. The SMILES string of the molecule is COC(=O)c1ccc(OCc2conc2-c2ccccc2)nc1. The molecule has 6 heteroatoms. The first-order valence-electron chi connectivity index (χ1n) is 6.94. The minimum absolute atomic E-state index is 0.262. The Morgan fingerprint density at radius 3 is 2.70 bits per heavy atom. The Hall–Kier alpha value is -3.15. The van der Waals surface area contributed by atoms with Gasteiger partial charge in [-0.05, 0) is 6.07 Å². The standard InChI is InChI=1S/C17H14N2O4/c1-21-17(20)13-7-8-15(18-9-13)22-10-14-11-23-19-16(14)12-5-3-2-4-6-12/h2-9,11H,10H2,1H3. The Labute approximate surface area is 132 Å². The minimum Gasteiger partial charge on any atom is -0.473 e. The minimum atomic E-state index is -0.436. The van der Waals surface area contributed by atoms with E-state index in [4.69, 9.17) is 9.26 Å². The molecule has 0 spiro atoms. The van der Waals surface area contributed by atoms with E-state index in [1.54, 1.807) is 18.4 Å². The van der Waals surface area contributed by atoms with Crippen molar-refractivity contribution >= 4 is 5.97 Å². The van der Waals surface area contributed by atoms with Crippen LogP contribution in [0.1, 0.15) is 15.9 Å². The molecule has 23 heavy (non-hydrogen) atoms. The molecule has 0 aliphatic rings. The van der Waals surface area contributed by atoms with Crippen molar-refractivity contribution in [1.29, 1.82) is 0 Å². The van der Waals surface area contributed by atoms with Crippen molar-refractivity contribution in [2.45, 2.75) is 6.61 Å². The van der Waals surface area contributed by atoms with Gasteiger partial charge in [-0.25, -0.2) is 9.78 Å².